The van der Waals surface area contributed by atoms with Crippen molar-refractivity contribution in [3.8, 4) is 5.69 Å². The van der Waals surface area contributed by atoms with Crippen LogP contribution in [0.25, 0.3) is 5.69 Å². The maximum absolute atomic E-state index is 5.88. The van der Waals surface area contributed by atoms with Crippen LogP contribution in [-0.4, -0.2) is 14.8 Å². The Labute approximate surface area is 127 Å². The smallest absolute Gasteiger partial charge is 0.105 e. The molecule has 1 aromatic carbocycles. The molecular formula is C15H14ClN5. The van der Waals surface area contributed by atoms with Crippen LogP contribution < -0.4 is 11.3 Å². The lowest BCUT2D eigenvalue weighted by Crippen LogP contribution is -2.31. The van der Waals surface area contributed by atoms with Gasteiger partial charge in [-0.25, -0.2) is 10.1 Å². The van der Waals surface area contributed by atoms with Crippen LogP contribution in [0.3, 0.4) is 0 Å². The van der Waals surface area contributed by atoms with E-state index in [9.17, 15) is 0 Å². The third-order valence-electron chi connectivity index (χ3n) is 3.18. The maximum Gasteiger partial charge on any atom is 0.105 e. The van der Waals surface area contributed by atoms with Crippen molar-refractivity contribution < 1.29 is 0 Å². The molecule has 2 aromatic heterocycles. The maximum atomic E-state index is 5.88. The molecule has 106 valence electrons. The summed E-state index contributed by atoms with van der Waals surface area (Å²) in [4.78, 5) is 4.32. The Bertz CT molecular complexity index is 708. The number of hydrazine groups is 1. The highest BCUT2D eigenvalue weighted by atomic mass is 35.5. The Morgan fingerprint density at radius 3 is 2.57 bits per heavy atom. The van der Waals surface area contributed by atoms with Crippen LogP contribution in [0.1, 0.15) is 17.4 Å². The van der Waals surface area contributed by atoms with Crippen molar-refractivity contribution in [3.05, 3.63) is 77.3 Å². The van der Waals surface area contributed by atoms with Crippen LogP contribution in [0.2, 0.25) is 5.02 Å². The first-order valence-electron chi connectivity index (χ1n) is 6.46. The van der Waals surface area contributed by atoms with Crippen molar-refractivity contribution in [2.24, 2.45) is 5.84 Å². The molecule has 0 saturated heterocycles. The zero-order chi connectivity index (χ0) is 14.7. The van der Waals surface area contributed by atoms with Crippen LogP contribution in [0.4, 0.5) is 0 Å². The summed E-state index contributed by atoms with van der Waals surface area (Å²) in [6, 6.07) is 15.1. The van der Waals surface area contributed by atoms with E-state index in [4.69, 9.17) is 17.4 Å². The van der Waals surface area contributed by atoms with Gasteiger partial charge in [0.05, 0.1) is 22.1 Å². The Balaban J connectivity index is 2.03. The van der Waals surface area contributed by atoms with E-state index in [-0.39, 0.29) is 6.04 Å². The van der Waals surface area contributed by atoms with Gasteiger partial charge in [-0.15, -0.1) is 0 Å². The van der Waals surface area contributed by atoms with Gasteiger partial charge in [0.15, 0.2) is 0 Å². The summed E-state index contributed by atoms with van der Waals surface area (Å²) in [5.74, 6) is 5.72. The zero-order valence-corrected chi connectivity index (χ0v) is 11.9. The quantitative estimate of drug-likeness (QED) is 0.573. The number of pyridine rings is 1. The van der Waals surface area contributed by atoms with Crippen molar-refractivity contribution in [1.82, 2.24) is 20.2 Å². The first-order chi connectivity index (χ1) is 10.3. The van der Waals surface area contributed by atoms with E-state index < -0.39 is 0 Å². The lowest BCUT2D eigenvalue weighted by molar-refractivity contribution is 0.584. The summed E-state index contributed by atoms with van der Waals surface area (Å²) in [5.41, 5.74) is 5.43. The molecule has 1 atom stereocenters. The second-order valence-electron chi connectivity index (χ2n) is 4.50. The predicted molar refractivity (Wildman–Crippen MR) is 82.0 cm³/mol. The van der Waals surface area contributed by atoms with Crippen molar-refractivity contribution in [1.29, 1.82) is 0 Å². The first kappa shape index (κ1) is 13.8. The summed E-state index contributed by atoms with van der Waals surface area (Å²) in [7, 11) is 0. The molecule has 21 heavy (non-hydrogen) atoms. The number of hydrogen-bond donors (Lipinski definition) is 2. The molecule has 0 aliphatic heterocycles. The van der Waals surface area contributed by atoms with Gasteiger partial charge in [-0.05, 0) is 30.3 Å². The molecule has 0 amide bonds. The average molecular weight is 300 g/mol. The number of halogens is 1. The summed E-state index contributed by atoms with van der Waals surface area (Å²) in [5, 5.41) is 4.95. The molecule has 3 rings (SSSR count). The molecule has 3 N–H and O–H groups in total. The molecular weight excluding hydrogens is 286 g/mol. The summed E-state index contributed by atoms with van der Waals surface area (Å²) < 4.78 is 1.83. The Morgan fingerprint density at radius 1 is 1.10 bits per heavy atom. The highest BCUT2D eigenvalue weighted by molar-refractivity contribution is 6.30. The summed E-state index contributed by atoms with van der Waals surface area (Å²) >= 11 is 5.88. The number of aromatic nitrogens is 3. The van der Waals surface area contributed by atoms with Crippen molar-refractivity contribution in [2.45, 2.75) is 6.04 Å². The van der Waals surface area contributed by atoms with Gasteiger partial charge in [0.1, 0.15) is 6.04 Å². The van der Waals surface area contributed by atoms with Crippen LogP contribution in [0, 0.1) is 0 Å². The fourth-order valence-corrected chi connectivity index (χ4v) is 2.31. The van der Waals surface area contributed by atoms with E-state index in [2.05, 4.69) is 15.5 Å². The topological polar surface area (TPSA) is 68.8 Å². The molecule has 0 fully saturated rings. The molecule has 0 saturated carbocycles. The molecule has 1 unspecified atom stereocenters. The van der Waals surface area contributed by atoms with Gasteiger partial charge in [-0.2, -0.15) is 5.10 Å². The minimum Gasteiger partial charge on any atom is -0.270 e. The molecule has 2 heterocycles. The number of nitrogens with two attached hydrogens (primary N) is 1. The van der Waals surface area contributed by atoms with Gasteiger partial charge in [0, 0.05) is 12.4 Å². The predicted octanol–water partition coefficient (Wildman–Crippen LogP) is 2.47. The van der Waals surface area contributed by atoms with E-state index in [0.717, 1.165) is 17.1 Å². The van der Waals surface area contributed by atoms with Crippen LogP contribution in [0.5, 0.6) is 0 Å². The zero-order valence-electron chi connectivity index (χ0n) is 11.1. The van der Waals surface area contributed by atoms with Gasteiger partial charge in [-0.3, -0.25) is 10.8 Å². The van der Waals surface area contributed by atoms with Gasteiger partial charge < -0.3 is 0 Å². The number of rotatable bonds is 4. The third kappa shape index (κ3) is 2.80. The van der Waals surface area contributed by atoms with Crippen molar-refractivity contribution >= 4 is 11.6 Å². The summed E-state index contributed by atoms with van der Waals surface area (Å²) in [6.45, 7) is 0. The number of nitrogens with zero attached hydrogens (tertiary/aromatic N) is 3. The Hall–Kier alpha value is -2.21. The molecule has 0 bridgehead atoms. The van der Waals surface area contributed by atoms with Gasteiger partial charge in [0.25, 0.3) is 0 Å². The minimum absolute atomic E-state index is 0.273. The molecule has 0 aliphatic rings. The van der Waals surface area contributed by atoms with Crippen molar-refractivity contribution in [2.75, 3.05) is 0 Å². The van der Waals surface area contributed by atoms with E-state index in [1.54, 1.807) is 18.5 Å². The fraction of sp³-hybridized carbons (Fsp3) is 0.0667. The molecule has 3 aromatic rings. The number of hydrogen-bond acceptors (Lipinski definition) is 4. The van der Waals surface area contributed by atoms with E-state index in [1.807, 2.05) is 47.1 Å². The van der Waals surface area contributed by atoms with E-state index >= 15 is 0 Å². The molecule has 0 radical (unpaired) electrons. The molecule has 0 aliphatic carbocycles. The lowest BCUT2D eigenvalue weighted by Gasteiger charge is -2.17. The van der Waals surface area contributed by atoms with E-state index in [1.165, 1.54) is 0 Å². The van der Waals surface area contributed by atoms with Gasteiger partial charge in [-0.1, -0.05) is 29.8 Å². The first-order valence-corrected chi connectivity index (χ1v) is 6.84. The standard InChI is InChI=1S/C15H14ClN5/c16-11-6-7-13(18-10-11)15(20-17)14-8-9-19-21(14)12-4-2-1-3-5-12/h1-10,15,20H,17H2. The average Bonchev–Trinajstić information content (AvgIpc) is 3.00. The fourth-order valence-electron chi connectivity index (χ4n) is 2.20. The van der Waals surface area contributed by atoms with Crippen LogP contribution in [0.15, 0.2) is 60.9 Å². The highest BCUT2D eigenvalue weighted by Gasteiger charge is 2.19. The molecule has 5 nitrogen and oxygen atoms in total. The minimum atomic E-state index is -0.273. The Morgan fingerprint density at radius 2 is 1.90 bits per heavy atom. The summed E-state index contributed by atoms with van der Waals surface area (Å²) in [6.07, 6.45) is 3.34. The number of benzene rings is 1. The van der Waals surface area contributed by atoms with Crippen molar-refractivity contribution in [3.63, 3.8) is 0 Å². The monoisotopic (exact) mass is 299 g/mol. The number of nitrogens with one attached hydrogen (secondary N) is 1. The Kier molecular flexibility index (Phi) is 3.96. The molecule has 6 heteroatoms. The van der Waals surface area contributed by atoms with Gasteiger partial charge in [0.2, 0.25) is 0 Å². The van der Waals surface area contributed by atoms with Crippen LogP contribution >= 0.6 is 11.6 Å². The molecule has 0 spiro atoms. The SMILES string of the molecule is NNC(c1ccc(Cl)cn1)c1ccnn1-c1ccccc1. The number of para-hydroxylation sites is 1. The largest absolute Gasteiger partial charge is 0.270 e. The third-order valence-corrected chi connectivity index (χ3v) is 3.40. The van der Waals surface area contributed by atoms with Crippen LogP contribution in [-0.2, 0) is 0 Å². The second kappa shape index (κ2) is 6.05. The highest BCUT2D eigenvalue weighted by Crippen LogP contribution is 2.22. The van der Waals surface area contributed by atoms with Gasteiger partial charge >= 0.3 is 0 Å². The van der Waals surface area contributed by atoms with E-state index in [0.29, 0.717) is 5.02 Å². The second-order valence-corrected chi connectivity index (χ2v) is 4.94. The normalized spacial score (nSPS) is 12.3. The lowest BCUT2D eigenvalue weighted by atomic mass is 10.1.